The van der Waals surface area contributed by atoms with Gasteiger partial charge >= 0.3 is 11.9 Å². The van der Waals surface area contributed by atoms with Crippen LogP contribution in [0, 0.1) is 5.82 Å². The van der Waals surface area contributed by atoms with E-state index in [1.807, 2.05) is 0 Å². The third-order valence-corrected chi connectivity index (χ3v) is 2.27. The van der Waals surface area contributed by atoms with Crippen LogP contribution in [0.25, 0.3) is 0 Å². The van der Waals surface area contributed by atoms with Crippen molar-refractivity contribution >= 4 is 11.9 Å². The smallest absolute Gasteiger partial charge is 0.320 e. The second-order valence-electron chi connectivity index (χ2n) is 3.63. The lowest BCUT2D eigenvalue weighted by molar-refractivity contribution is -0.138. The molecule has 0 aliphatic carbocycles. The van der Waals surface area contributed by atoms with Crippen LogP contribution in [-0.4, -0.2) is 28.2 Å². The first kappa shape index (κ1) is 13.1. The van der Waals surface area contributed by atoms with Gasteiger partial charge in [0, 0.05) is 0 Å². The van der Waals surface area contributed by atoms with Crippen LogP contribution in [0.5, 0.6) is 0 Å². The molecule has 0 aliphatic rings. The Morgan fingerprint density at radius 1 is 1.29 bits per heavy atom. The molecular formula is C11H12FNO4. The Kier molecular flexibility index (Phi) is 4.17. The minimum Gasteiger partial charge on any atom is -0.481 e. The maximum absolute atomic E-state index is 13.0. The highest BCUT2D eigenvalue weighted by molar-refractivity contribution is 5.74. The molecule has 1 unspecified atom stereocenters. The molecule has 0 fully saturated rings. The molecule has 17 heavy (non-hydrogen) atoms. The third kappa shape index (κ3) is 3.84. The van der Waals surface area contributed by atoms with Gasteiger partial charge in [-0.25, -0.2) is 4.39 Å². The fourth-order valence-electron chi connectivity index (χ4n) is 1.44. The van der Waals surface area contributed by atoms with Gasteiger partial charge in [-0.15, -0.1) is 0 Å². The molecule has 6 heteroatoms. The lowest BCUT2D eigenvalue weighted by Gasteiger charge is -2.10. The molecule has 0 radical (unpaired) electrons. The molecule has 0 spiro atoms. The van der Waals surface area contributed by atoms with E-state index in [-0.39, 0.29) is 12.8 Å². The molecule has 1 rings (SSSR count). The summed E-state index contributed by atoms with van der Waals surface area (Å²) in [6.45, 7) is 0. The van der Waals surface area contributed by atoms with Crippen LogP contribution in [0.4, 0.5) is 4.39 Å². The number of hydrogen-bond donors (Lipinski definition) is 3. The van der Waals surface area contributed by atoms with Crippen LogP contribution in [0.3, 0.4) is 0 Å². The highest BCUT2D eigenvalue weighted by Crippen LogP contribution is 2.14. The Morgan fingerprint density at radius 3 is 2.47 bits per heavy atom. The summed E-state index contributed by atoms with van der Waals surface area (Å²) in [6, 6.07) is 2.40. The highest BCUT2D eigenvalue weighted by Gasteiger charge is 2.16. The van der Waals surface area contributed by atoms with E-state index in [1.165, 1.54) is 6.07 Å². The minimum atomic E-state index is -1.21. The average Bonchev–Trinajstić information content (AvgIpc) is 2.21. The van der Waals surface area contributed by atoms with Crippen molar-refractivity contribution in [2.75, 3.05) is 0 Å². The maximum Gasteiger partial charge on any atom is 0.320 e. The zero-order chi connectivity index (χ0) is 13.0. The normalized spacial score (nSPS) is 12.1. The zero-order valence-electron chi connectivity index (χ0n) is 8.89. The molecule has 92 valence electrons. The van der Waals surface area contributed by atoms with E-state index >= 15 is 0 Å². The van der Waals surface area contributed by atoms with Crippen molar-refractivity contribution in [1.82, 2.24) is 0 Å². The first-order chi connectivity index (χ1) is 7.90. The van der Waals surface area contributed by atoms with Crippen LogP contribution >= 0.6 is 0 Å². The Bertz CT molecular complexity index is 447. The maximum atomic E-state index is 13.0. The van der Waals surface area contributed by atoms with E-state index in [0.29, 0.717) is 11.1 Å². The molecule has 0 saturated carbocycles. The van der Waals surface area contributed by atoms with Gasteiger partial charge in [0.05, 0.1) is 6.42 Å². The van der Waals surface area contributed by atoms with Gasteiger partial charge in [-0.2, -0.15) is 0 Å². The van der Waals surface area contributed by atoms with Crippen LogP contribution in [0.2, 0.25) is 0 Å². The van der Waals surface area contributed by atoms with E-state index < -0.39 is 23.8 Å². The number of carboxylic acid groups (broad SMARTS) is 2. The van der Waals surface area contributed by atoms with Crippen molar-refractivity contribution in [3.63, 3.8) is 0 Å². The first-order valence-corrected chi connectivity index (χ1v) is 4.87. The summed E-state index contributed by atoms with van der Waals surface area (Å²) < 4.78 is 13.0. The van der Waals surface area contributed by atoms with Crippen molar-refractivity contribution in [3.05, 3.63) is 35.1 Å². The van der Waals surface area contributed by atoms with Gasteiger partial charge < -0.3 is 15.9 Å². The molecule has 0 aromatic heterocycles. The number of rotatable bonds is 5. The number of hydrogen-bond acceptors (Lipinski definition) is 3. The van der Waals surface area contributed by atoms with Crippen LogP contribution in [-0.2, 0) is 22.4 Å². The predicted octanol–water partition coefficient (Wildman–Crippen LogP) is 0.407. The van der Waals surface area contributed by atoms with E-state index in [0.717, 1.165) is 12.1 Å². The fraction of sp³-hybridized carbons (Fsp3) is 0.273. The number of carbonyl (C=O) groups is 2. The molecule has 4 N–H and O–H groups in total. The monoisotopic (exact) mass is 241 g/mol. The SMILES string of the molecule is NC(Cc1cc(F)ccc1CC(=O)O)C(=O)O. The largest absolute Gasteiger partial charge is 0.481 e. The molecule has 1 atom stereocenters. The van der Waals surface area contributed by atoms with Crippen LogP contribution in [0.15, 0.2) is 18.2 Å². The average molecular weight is 241 g/mol. The summed E-state index contributed by atoms with van der Waals surface area (Å²) in [7, 11) is 0. The predicted molar refractivity (Wildman–Crippen MR) is 57.1 cm³/mol. The van der Waals surface area contributed by atoms with Gasteiger partial charge in [0.1, 0.15) is 11.9 Å². The van der Waals surface area contributed by atoms with Gasteiger partial charge in [-0.3, -0.25) is 9.59 Å². The van der Waals surface area contributed by atoms with Gasteiger partial charge in [-0.05, 0) is 29.7 Å². The van der Waals surface area contributed by atoms with E-state index in [2.05, 4.69) is 0 Å². The number of nitrogens with two attached hydrogens (primary N) is 1. The van der Waals surface area contributed by atoms with Gasteiger partial charge in [0.25, 0.3) is 0 Å². The summed E-state index contributed by atoms with van der Waals surface area (Å²) in [5.41, 5.74) is 6.01. The quantitative estimate of drug-likeness (QED) is 0.693. The van der Waals surface area contributed by atoms with Gasteiger partial charge in [-0.1, -0.05) is 6.07 Å². The van der Waals surface area contributed by atoms with Crippen LogP contribution in [0.1, 0.15) is 11.1 Å². The second-order valence-corrected chi connectivity index (χ2v) is 3.63. The second kappa shape index (κ2) is 5.40. The Hall–Kier alpha value is -1.95. The summed E-state index contributed by atoms with van der Waals surface area (Å²) in [5, 5.41) is 17.3. The van der Waals surface area contributed by atoms with E-state index in [1.54, 1.807) is 0 Å². The van der Waals surface area contributed by atoms with Gasteiger partial charge in [0.2, 0.25) is 0 Å². The summed E-state index contributed by atoms with van der Waals surface area (Å²) in [6.07, 6.45) is -0.391. The van der Waals surface area contributed by atoms with Crippen LogP contribution < -0.4 is 5.73 Å². The molecule has 0 aliphatic heterocycles. The molecule has 5 nitrogen and oxygen atoms in total. The lowest BCUT2D eigenvalue weighted by atomic mass is 9.98. The zero-order valence-corrected chi connectivity index (χ0v) is 8.89. The lowest BCUT2D eigenvalue weighted by Crippen LogP contribution is -2.32. The number of benzene rings is 1. The molecule has 0 bridgehead atoms. The van der Waals surface area contributed by atoms with Crippen molar-refractivity contribution in [3.8, 4) is 0 Å². The first-order valence-electron chi connectivity index (χ1n) is 4.87. The number of halogens is 1. The molecule has 1 aromatic carbocycles. The molecule has 0 amide bonds. The van der Waals surface area contributed by atoms with Crippen molar-refractivity contribution in [1.29, 1.82) is 0 Å². The molecular weight excluding hydrogens is 229 g/mol. The third-order valence-electron chi connectivity index (χ3n) is 2.27. The fourth-order valence-corrected chi connectivity index (χ4v) is 1.44. The minimum absolute atomic E-state index is 0.101. The van der Waals surface area contributed by atoms with Gasteiger partial charge in [0.15, 0.2) is 0 Å². The summed E-state index contributed by atoms with van der Waals surface area (Å²) in [4.78, 5) is 21.2. The Balaban J connectivity index is 2.98. The summed E-state index contributed by atoms with van der Waals surface area (Å²) in [5.74, 6) is -2.83. The number of carboxylic acids is 2. The standard InChI is InChI=1S/C11H12FNO4/c12-8-2-1-6(5-10(14)15)7(3-8)4-9(13)11(16)17/h1-3,9H,4-5,13H2,(H,14,15)(H,16,17). The van der Waals surface area contributed by atoms with E-state index in [9.17, 15) is 14.0 Å². The van der Waals surface area contributed by atoms with E-state index in [4.69, 9.17) is 15.9 Å². The molecule has 0 heterocycles. The molecule has 0 saturated heterocycles. The summed E-state index contributed by atoms with van der Waals surface area (Å²) >= 11 is 0. The van der Waals surface area contributed by atoms with Crippen molar-refractivity contribution < 1.29 is 24.2 Å². The Labute approximate surface area is 96.7 Å². The highest BCUT2D eigenvalue weighted by atomic mass is 19.1. The topological polar surface area (TPSA) is 101 Å². The Morgan fingerprint density at radius 2 is 1.94 bits per heavy atom. The van der Waals surface area contributed by atoms with Crippen molar-refractivity contribution in [2.45, 2.75) is 18.9 Å². The number of aliphatic carboxylic acids is 2. The molecule has 1 aromatic rings. The van der Waals surface area contributed by atoms with Crippen molar-refractivity contribution in [2.24, 2.45) is 5.73 Å².